The van der Waals surface area contributed by atoms with E-state index in [9.17, 15) is 22.6 Å². The second kappa shape index (κ2) is 8.56. The van der Waals surface area contributed by atoms with Gasteiger partial charge in [-0.25, -0.2) is 13.2 Å². The molecule has 1 N–H and O–H groups in total. The molecule has 0 aliphatic carbocycles. The Morgan fingerprint density at radius 2 is 1.94 bits per heavy atom. The second-order valence-electron chi connectivity index (χ2n) is 2.75. The van der Waals surface area contributed by atoms with E-state index in [1.807, 2.05) is 0 Å². The minimum Gasteiger partial charge on any atom is -0.740 e. The van der Waals surface area contributed by atoms with Crippen LogP contribution in [0.25, 0.3) is 0 Å². The van der Waals surface area contributed by atoms with Crippen LogP contribution in [0.5, 0.6) is 0 Å². The molecule has 0 bridgehead atoms. The summed E-state index contributed by atoms with van der Waals surface area (Å²) >= 11 is 0. The molecule has 0 aromatic rings. The summed E-state index contributed by atoms with van der Waals surface area (Å²) in [5, 5.41) is 0.0783. The van der Waals surface area contributed by atoms with E-state index in [2.05, 4.69) is 4.74 Å². The van der Waals surface area contributed by atoms with Crippen molar-refractivity contribution in [2.75, 3.05) is 7.11 Å². The van der Waals surface area contributed by atoms with Crippen LogP contribution in [0.2, 0.25) is 0 Å². The molecular formula is C7H12KNO6S. The van der Waals surface area contributed by atoms with E-state index >= 15 is 0 Å². The summed E-state index contributed by atoms with van der Waals surface area (Å²) in [7, 11) is -3.97. The molecule has 1 amide bonds. The Labute approximate surface area is 136 Å². The topological polar surface area (TPSA) is 113 Å². The fourth-order valence-corrected chi connectivity index (χ4v) is 1.18. The van der Waals surface area contributed by atoms with Crippen molar-refractivity contribution < 1.29 is 78.7 Å². The van der Waals surface area contributed by atoms with E-state index in [0.29, 0.717) is 6.42 Å². The number of carbonyl (C=O) groups is 2. The number of nitrogens with one attached hydrogen (secondary N) is 1. The first-order valence-corrected chi connectivity index (χ1v) is 5.58. The zero-order valence-corrected chi connectivity index (χ0v) is 13.3. The Balaban J connectivity index is 0. The van der Waals surface area contributed by atoms with Crippen molar-refractivity contribution in [1.82, 2.24) is 5.32 Å². The normalized spacial score (nSPS) is 12.2. The average molecular weight is 277 g/mol. The Kier molecular flexibility index (Phi) is 10.1. The second-order valence-corrected chi connectivity index (χ2v) is 4.03. The van der Waals surface area contributed by atoms with Gasteiger partial charge in [-0.3, -0.25) is 4.79 Å². The maximum Gasteiger partial charge on any atom is 1.00 e. The SMILES string of the molecule is CCC[C@@H](NC(=O)S(=O)(=O)[O-])C(=O)OC.[K+]. The van der Waals surface area contributed by atoms with Crippen LogP contribution in [-0.4, -0.2) is 37.3 Å². The van der Waals surface area contributed by atoms with Crippen LogP contribution < -0.4 is 56.7 Å². The number of hydrogen-bond acceptors (Lipinski definition) is 6. The van der Waals surface area contributed by atoms with E-state index < -0.39 is 27.4 Å². The smallest absolute Gasteiger partial charge is 0.740 e. The Hall–Kier alpha value is 0.486. The van der Waals surface area contributed by atoms with Crippen molar-refractivity contribution >= 4 is 21.3 Å². The Morgan fingerprint density at radius 3 is 2.25 bits per heavy atom. The molecule has 0 fully saturated rings. The van der Waals surface area contributed by atoms with Gasteiger partial charge >= 0.3 is 62.6 Å². The first-order valence-electron chi connectivity index (χ1n) is 4.17. The fourth-order valence-electron chi connectivity index (χ4n) is 0.894. The van der Waals surface area contributed by atoms with Gasteiger partial charge in [0.2, 0.25) is 0 Å². The number of amides is 1. The van der Waals surface area contributed by atoms with Gasteiger partial charge in [0, 0.05) is 0 Å². The van der Waals surface area contributed by atoms with Crippen LogP contribution in [0.15, 0.2) is 0 Å². The standard InChI is InChI=1S/C7H13NO6S.K/c1-3-4-5(6(9)14-2)8-7(10)15(11,12)13;/h5H,3-4H2,1-2H3,(H,8,10)(H,11,12,13);/q;+1/p-1/t5-;/m1./s1. The van der Waals surface area contributed by atoms with Crippen LogP contribution in [0.1, 0.15) is 19.8 Å². The first-order chi connectivity index (χ1) is 6.82. The summed E-state index contributed by atoms with van der Waals surface area (Å²) in [6, 6.07) is -1.10. The molecule has 0 aromatic heterocycles. The van der Waals surface area contributed by atoms with Crippen molar-refractivity contribution in [1.29, 1.82) is 0 Å². The van der Waals surface area contributed by atoms with E-state index in [1.54, 1.807) is 12.2 Å². The third-order valence-electron chi connectivity index (χ3n) is 1.58. The summed E-state index contributed by atoms with van der Waals surface area (Å²) < 4.78 is 35.1. The van der Waals surface area contributed by atoms with E-state index in [4.69, 9.17) is 0 Å². The molecule has 16 heavy (non-hydrogen) atoms. The van der Waals surface area contributed by atoms with Gasteiger partial charge in [-0.15, -0.1) is 0 Å². The number of esters is 1. The van der Waals surface area contributed by atoms with Crippen LogP contribution in [0.3, 0.4) is 0 Å². The summed E-state index contributed by atoms with van der Waals surface area (Å²) in [4.78, 5) is 21.8. The van der Waals surface area contributed by atoms with E-state index in [1.165, 1.54) is 0 Å². The number of methoxy groups -OCH3 is 1. The van der Waals surface area contributed by atoms with Gasteiger partial charge in [-0.2, -0.15) is 0 Å². The van der Waals surface area contributed by atoms with Crippen LogP contribution in [-0.2, 0) is 19.6 Å². The molecular weight excluding hydrogens is 265 g/mol. The molecule has 7 nitrogen and oxygen atoms in total. The Bertz CT molecular complexity index is 341. The number of ether oxygens (including phenoxy) is 1. The molecule has 88 valence electrons. The molecule has 0 unspecified atom stereocenters. The van der Waals surface area contributed by atoms with Crippen molar-refractivity contribution in [3.05, 3.63) is 0 Å². The van der Waals surface area contributed by atoms with E-state index in [0.717, 1.165) is 7.11 Å². The quantitative estimate of drug-likeness (QED) is 0.325. The maximum atomic E-state index is 11.0. The van der Waals surface area contributed by atoms with Crippen LogP contribution >= 0.6 is 0 Å². The third kappa shape index (κ3) is 6.94. The zero-order valence-electron chi connectivity index (χ0n) is 9.35. The fraction of sp³-hybridized carbons (Fsp3) is 0.714. The molecule has 0 heterocycles. The van der Waals surface area contributed by atoms with Crippen LogP contribution in [0, 0.1) is 0 Å². The van der Waals surface area contributed by atoms with Crippen molar-refractivity contribution in [2.45, 2.75) is 25.8 Å². The number of carbonyl (C=O) groups excluding carboxylic acids is 2. The molecule has 0 saturated carbocycles. The third-order valence-corrected chi connectivity index (χ3v) is 2.15. The van der Waals surface area contributed by atoms with Gasteiger partial charge in [0.05, 0.1) is 7.11 Å². The van der Waals surface area contributed by atoms with E-state index in [-0.39, 0.29) is 57.8 Å². The average Bonchev–Trinajstić information content (AvgIpc) is 2.14. The summed E-state index contributed by atoms with van der Waals surface area (Å²) in [5.74, 6) is -0.783. The largest absolute Gasteiger partial charge is 1.00 e. The minimum atomic E-state index is -5.07. The van der Waals surface area contributed by atoms with Crippen molar-refractivity contribution in [2.24, 2.45) is 0 Å². The van der Waals surface area contributed by atoms with Gasteiger partial charge in [0.15, 0.2) is 10.1 Å². The van der Waals surface area contributed by atoms with Crippen LogP contribution in [0.4, 0.5) is 4.79 Å². The molecule has 0 aliphatic heterocycles. The van der Waals surface area contributed by atoms with Gasteiger partial charge in [0.1, 0.15) is 6.04 Å². The summed E-state index contributed by atoms with van der Waals surface area (Å²) in [5.41, 5.74) is 0. The molecule has 0 rings (SSSR count). The molecule has 1 atom stereocenters. The molecule has 0 saturated heterocycles. The number of rotatable bonds is 4. The molecule has 0 radical (unpaired) electrons. The number of hydrogen-bond donors (Lipinski definition) is 1. The van der Waals surface area contributed by atoms with Crippen molar-refractivity contribution in [3.63, 3.8) is 0 Å². The maximum absolute atomic E-state index is 11.0. The zero-order chi connectivity index (χ0) is 12.1. The van der Waals surface area contributed by atoms with Gasteiger partial charge in [-0.05, 0) is 6.42 Å². The predicted octanol–water partition coefficient (Wildman–Crippen LogP) is -3.41. The van der Waals surface area contributed by atoms with Gasteiger partial charge in [-0.1, -0.05) is 13.3 Å². The predicted molar refractivity (Wildman–Crippen MR) is 48.9 cm³/mol. The molecule has 0 aromatic carbocycles. The Morgan fingerprint density at radius 1 is 1.44 bits per heavy atom. The summed E-state index contributed by atoms with van der Waals surface area (Å²) in [6.45, 7) is 1.73. The van der Waals surface area contributed by atoms with Gasteiger partial charge in [0.25, 0.3) is 0 Å². The first kappa shape index (κ1) is 18.8. The molecule has 0 aliphatic rings. The van der Waals surface area contributed by atoms with Gasteiger partial charge < -0.3 is 14.6 Å². The molecule has 0 spiro atoms. The van der Waals surface area contributed by atoms with Crippen molar-refractivity contribution in [3.8, 4) is 0 Å². The molecule has 9 heteroatoms. The summed E-state index contributed by atoms with van der Waals surface area (Å²) in [6.07, 6.45) is 0.729. The minimum absolute atomic E-state index is 0. The monoisotopic (exact) mass is 277 g/mol.